The van der Waals surface area contributed by atoms with Crippen LogP contribution in [0.5, 0.6) is 0 Å². The molecule has 2 heteroatoms. The summed E-state index contributed by atoms with van der Waals surface area (Å²) in [6.45, 7) is 10.4. The molecular weight excluding hydrogens is 172 g/mol. The quantitative estimate of drug-likeness (QED) is 0.728. The lowest BCUT2D eigenvalue weighted by atomic mass is 9.87. The van der Waals surface area contributed by atoms with Crippen LogP contribution in [-0.2, 0) is 0 Å². The van der Waals surface area contributed by atoms with Crippen LogP contribution in [0.2, 0.25) is 0 Å². The fourth-order valence-corrected chi connectivity index (χ4v) is 2.29. The average Bonchev–Trinajstić information content (AvgIpc) is 2.45. The molecule has 0 aromatic rings. The fraction of sp³-hybridized carbons (Fsp3) is 1.00. The summed E-state index contributed by atoms with van der Waals surface area (Å²) in [5.74, 6) is 0. The van der Waals surface area contributed by atoms with E-state index in [4.69, 9.17) is 0 Å². The Morgan fingerprint density at radius 3 is 2.64 bits per heavy atom. The Balaban J connectivity index is 2.18. The van der Waals surface area contributed by atoms with E-state index in [9.17, 15) is 0 Å². The fourth-order valence-electron chi connectivity index (χ4n) is 2.29. The maximum Gasteiger partial charge on any atom is 0.0119 e. The third-order valence-electron chi connectivity index (χ3n) is 3.68. The van der Waals surface area contributed by atoms with Crippen molar-refractivity contribution >= 4 is 0 Å². The van der Waals surface area contributed by atoms with Crippen molar-refractivity contribution in [3.8, 4) is 0 Å². The Hall–Kier alpha value is -0.0800. The van der Waals surface area contributed by atoms with E-state index < -0.39 is 0 Å². The molecule has 2 nitrogen and oxygen atoms in total. The third kappa shape index (κ3) is 3.25. The molecule has 14 heavy (non-hydrogen) atoms. The average molecular weight is 198 g/mol. The van der Waals surface area contributed by atoms with Crippen molar-refractivity contribution in [1.82, 2.24) is 10.2 Å². The van der Waals surface area contributed by atoms with Crippen molar-refractivity contribution in [2.24, 2.45) is 5.41 Å². The third-order valence-corrected chi connectivity index (χ3v) is 3.68. The Kier molecular flexibility index (Phi) is 4.39. The van der Waals surface area contributed by atoms with E-state index in [0.717, 1.165) is 19.1 Å². The first kappa shape index (κ1) is 12.0. The van der Waals surface area contributed by atoms with Crippen LogP contribution >= 0.6 is 0 Å². The van der Waals surface area contributed by atoms with Gasteiger partial charge in [0.1, 0.15) is 0 Å². The van der Waals surface area contributed by atoms with E-state index in [2.05, 4.69) is 38.0 Å². The second kappa shape index (κ2) is 5.13. The summed E-state index contributed by atoms with van der Waals surface area (Å²) < 4.78 is 0. The molecular formula is C12H26N2. The predicted octanol–water partition coefficient (Wildman–Crippen LogP) is 2.11. The molecule has 1 N–H and O–H groups in total. The van der Waals surface area contributed by atoms with Gasteiger partial charge in [0.15, 0.2) is 0 Å². The Bertz CT molecular complexity index is 166. The molecule has 0 spiro atoms. The van der Waals surface area contributed by atoms with E-state index >= 15 is 0 Å². The molecule has 0 aromatic carbocycles. The SMILES string of the molecule is CCN(C)CCNC1CCCC1(C)C. The molecule has 0 radical (unpaired) electrons. The van der Waals surface area contributed by atoms with Gasteiger partial charge in [0.2, 0.25) is 0 Å². The maximum absolute atomic E-state index is 3.70. The number of rotatable bonds is 5. The largest absolute Gasteiger partial charge is 0.312 e. The zero-order valence-electron chi connectivity index (χ0n) is 10.3. The second-order valence-corrected chi connectivity index (χ2v) is 5.28. The molecule has 0 aromatic heterocycles. The summed E-state index contributed by atoms with van der Waals surface area (Å²) in [5, 5.41) is 3.70. The predicted molar refractivity (Wildman–Crippen MR) is 62.6 cm³/mol. The lowest BCUT2D eigenvalue weighted by molar-refractivity contribution is 0.266. The number of likely N-dealkylation sites (N-methyl/N-ethyl adjacent to an activating group) is 1. The number of hydrogen-bond acceptors (Lipinski definition) is 2. The van der Waals surface area contributed by atoms with Gasteiger partial charge in [0, 0.05) is 19.1 Å². The van der Waals surface area contributed by atoms with Gasteiger partial charge in [-0.25, -0.2) is 0 Å². The van der Waals surface area contributed by atoms with Crippen molar-refractivity contribution in [3.05, 3.63) is 0 Å². The van der Waals surface area contributed by atoms with Crippen molar-refractivity contribution in [1.29, 1.82) is 0 Å². The minimum absolute atomic E-state index is 0.519. The van der Waals surface area contributed by atoms with Gasteiger partial charge >= 0.3 is 0 Å². The lowest BCUT2D eigenvalue weighted by Gasteiger charge is -2.28. The zero-order chi connectivity index (χ0) is 10.6. The lowest BCUT2D eigenvalue weighted by Crippen LogP contribution is -2.41. The Morgan fingerprint density at radius 1 is 1.43 bits per heavy atom. The molecule has 1 rings (SSSR count). The van der Waals surface area contributed by atoms with E-state index in [1.807, 2.05) is 0 Å². The summed E-state index contributed by atoms with van der Waals surface area (Å²) in [7, 11) is 2.18. The minimum atomic E-state index is 0.519. The molecule has 1 aliphatic rings. The molecule has 84 valence electrons. The van der Waals surface area contributed by atoms with Crippen LogP contribution in [0.3, 0.4) is 0 Å². The van der Waals surface area contributed by atoms with Gasteiger partial charge in [-0.2, -0.15) is 0 Å². The van der Waals surface area contributed by atoms with E-state index in [1.165, 1.54) is 25.8 Å². The highest BCUT2D eigenvalue weighted by atomic mass is 15.1. The smallest absolute Gasteiger partial charge is 0.0119 e. The van der Waals surface area contributed by atoms with Crippen molar-refractivity contribution in [2.45, 2.75) is 46.1 Å². The monoisotopic (exact) mass is 198 g/mol. The summed E-state index contributed by atoms with van der Waals surface area (Å²) in [5.41, 5.74) is 0.519. The van der Waals surface area contributed by atoms with Gasteiger partial charge in [-0.3, -0.25) is 0 Å². The molecule has 1 unspecified atom stereocenters. The standard InChI is InChI=1S/C12H26N2/c1-5-14(4)10-9-13-11-7-6-8-12(11,2)3/h11,13H,5-10H2,1-4H3. The van der Waals surface area contributed by atoms with Gasteiger partial charge in [0.25, 0.3) is 0 Å². The second-order valence-electron chi connectivity index (χ2n) is 5.28. The van der Waals surface area contributed by atoms with Gasteiger partial charge in [0.05, 0.1) is 0 Å². The van der Waals surface area contributed by atoms with Crippen molar-refractivity contribution in [2.75, 3.05) is 26.7 Å². The van der Waals surface area contributed by atoms with E-state index in [1.54, 1.807) is 0 Å². The van der Waals surface area contributed by atoms with E-state index in [0.29, 0.717) is 5.41 Å². The highest BCUT2D eigenvalue weighted by Gasteiger charge is 2.33. The first-order valence-electron chi connectivity index (χ1n) is 5.98. The molecule has 0 aliphatic heterocycles. The molecule has 1 aliphatic carbocycles. The summed E-state index contributed by atoms with van der Waals surface area (Å²) in [6.07, 6.45) is 4.14. The highest BCUT2D eigenvalue weighted by Crippen LogP contribution is 2.36. The number of nitrogens with zero attached hydrogens (tertiary/aromatic N) is 1. The first-order chi connectivity index (χ1) is 6.56. The summed E-state index contributed by atoms with van der Waals surface area (Å²) >= 11 is 0. The van der Waals surface area contributed by atoms with Gasteiger partial charge in [-0.15, -0.1) is 0 Å². The maximum atomic E-state index is 3.70. The Labute approximate surface area is 89.1 Å². The number of hydrogen-bond donors (Lipinski definition) is 1. The van der Waals surface area contributed by atoms with Crippen LogP contribution in [0.15, 0.2) is 0 Å². The van der Waals surface area contributed by atoms with Crippen molar-refractivity contribution in [3.63, 3.8) is 0 Å². The van der Waals surface area contributed by atoms with Crippen LogP contribution in [-0.4, -0.2) is 37.6 Å². The zero-order valence-corrected chi connectivity index (χ0v) is 10.3. The van der Waals surface area contributed by atoms with Crippen LogP contribution < -0.4 is 5.32 Å². The molecule has 0 heterocycles. The van der Waals surface area contributed by atoms with Crippen LogP contribution in [0.1, 0.15) is 40.0 Å². The van der Waals surface area contributed by atoms with E-state index in [-0.39, 0.29) is 0 Å². The molecule has 1 fully saturated rings. The van der Waals surface area contributed by atoms with Gasteiger partial charge < -0.3 is 10.2 Å². The normalized spacial score (nSPS) is 25.9. The molecule has 0 bridgehead atoms. The first-order valence-corrected chi connectivity index (χ1v) is 5.98. The highest BCUT2D eigenvalue weighted by molar-refractivity contribution is 4.90. The summed E-state index contributed by atoms with van der Waals surface area (Å²) in [4.78, 5) is 2.36. The molecule has 0 saturated heterocycles. The van der Waals surface area contributed by atoms with Crippen LogP contribution in [0.25, 0.3) is 0 Å². The number of nitrogens with one attached hydrogen (secondary N) is 1. The molecule has 1 saturated carbocycles. The molecule has 1 atom stereocenters. The minimum Gasteiger partial charge on any atom is -0.312 e. The van der Waals surface area contributed by atoms with Gasteiger partial charge in [-0.1, -0.05) is 27.2 Å². The van der Waals surface area contributed by atoms with Crippen molar-refractivity contribution < 1.29 is 0 Å². The topological polar surface area (TPSA) is 15.3 Å². The van der Waals surface area contributed by atoms with Gasteiger partial charge in [-0.05, 0) is 31.8 Å². The van der Waals surface area contributed by atoms with Crippen LogP contribution in [0, 0.1) is 5.41 Å². The van der Waals surface area contributed by atoms with Crippen LogP contribution in [0.4, 0.5) is 0 Å². The Morgan fingerprint density at radius 2 is 2.14 bits per heavy atom. The molecule has 0 amide bonds. The summed E-state index contributed by atoms with van der Waals surface area (Å²) in [6, 6.07) is 0.743.